The Morgan fingerprint density at radius 3 is 2.67 bits per heavy atom. The molecule has 0 saturated heterocycles. The first kappa shape index (κ1) is 11.6. The fraction of sp³-hybridized carbons (Fsp3) is 0.889. The predicted molar refractivity (Wildman–Crippen MR) is 49.3 cm³/mol. The first-order valence-electron chi connectivity index (χ1n) is 4.57. The highest BCUT2D eigenvalue weighted by atomic mass is 16.5. The lowest BCUT2D eigenvalue weighted by molar-refractivity contribution is -0.108. The van der Waals surface area contributed by atoms with Crippen molar-refractivity contribution in [2.75, 3.05) is 26.8 Å². The van der Waals surface area contributed by atoms with E-state index in [9.17, 15) is 4.79 Å². The summed E-state index contributed by atoms with van der Waals surface area (Å²) in [5.41, 5.74) is 0. The van der Waals surface area contributed by atoms with Gasteiger partial charge in [-0.15, -0.1) is 0 Å². The Morgan fingerprint density at radius 1 is 1.25 bits per heavy atom. The van der Waals surface area contributed by atoms with Crippen LogP contribution >= 0.6 is 0 Å². The van der Waals surface area contributed by atoms with Crippen molar-refractivity contribution < 1.29 is 9.53 Å². The van der Waals surface area contributed by atoms with E-state index >= 15 is 0 Å². The minimum absolute atomic E-state index is 0.667. The van der Waals surface area contributed by atoms with E-state index in [0.717, 1.165) is 45.3 Å². The summed E-state index contributed by atoms with van der Waals surface area (Å²) in [7, 11) is 1.93. The molecule has 0 atom stereocenters. The standard InChI is InChI=1S/C9H19NO2/c1-10-6-5-9-12-8-4-2-3-7-11/h7,10H,2-6,8-9H2,1H3. The normalized spacial score (nSPS) is 10.1. The molecular formula is C9H19NO2. The molecule has 1 N–H and O–H groups in total. The molecule has 3 heteroatoms. The smallest absolute Gasteiger partial charge is 0.119 e. The summed E-state index contributed by atoms with van der Waals surface area (Å²) in [5, 5.41) is 3.05. The van der Waals surface area contributed by atoms with Crippen molar-refractivity contribution in [3.63, 3.8) is 0 Å². The lowest BCUT2D eigenvalue weighted by Gasteiger charge is -2.02. The maximum absolute atomic E-state index is 9.93. The molecule has 0 aliphatic carbocycles. The maximum atomic E-state index is 9.93. The number of unbranched alkanes of at least 4 members (excludes halogenated alkanes) is 2. The van der Waals surface area contributed by atoms with Gasteiger partial charge in [-0.3, -0.25) is 0 Å². The van der Waals surface area contributed by atoms with Crippen molar-refractivity contribution in [2.24, 2.45) is 0 Å². The zero-order valence-corrected chi connectivity index (χ0v) is 7.84. The third kappa shape index (κ3) is 9.59. The van der Waals surface area contributed by atoms with Crippen LogP contribution in [0.3, 0.4) is 0 Å². The van der Waals surface area contributed by atoms with E-state index in [2.05, 4.69) is 5.32 Å². The third-order valence-corrected chi connectivity index (χ3v) is 1.58. The number of aldehydes is 1. The molecule has 0 aromatic heterocycles. The quantitative estimate of drug-likeness (QED) is 0.417. The number of hydrogen-bond donors (Lipinski definition) is 1. The molecule has 0 rings (SSSR count). The van der Waals surface area contributed by atoms with Gasteiger partial charge in [-0.1, -0.05) is 0 Å². The van der Waals surface area contributed by atoms with E-state index in [-0.39, 0.29) is 0 Å². The molecule has 0 aromatic rings. The van der Waals surface area contributed by atoms with E-state index in [4.69, 9.17) is 4.74 Å². The maximum Gasteiger partial charge on any atom is 0.119 e. The molecule has 0 amide bonds. The second-order valence-corrected chi connectivity index (χ2v) is 2.73. The minimum Gasteiger partial charge on any atom is -0.381 e. The Kier molecular flexibility index (Phi) is 10.2. The van der Waals surface area contributed by atoms with Crippen molar-refractivity contribution >= 4 is 6.29 Å². The summed E-state index contributed by atoms with van der Waals surface area (Å²) >= 11 is 0. The Bertz CT molecular complexity index is 96.5. The fourth-order valence-electron chi connectivity index (χ4n) is 0.885. The highest BCUT2D eigenvalue weighted by Gasteiger charge is 1.89. The van der Waals surface area contributed by atoms with Gasteiger partial charge in [0.15, 0.2) is 0 Å². The van der Waals surface area contributed by atoms with Gasteiger partial charge in [-0.25, -0.2) is 0 Å². The van der Waals surface area contributed by atoms with Crippen LogP contribution in [0.15, 0.2) is 0 Å². The number of nitrogens with one attached hydrogen (secondary N) is 1. The summed E-state index contributed by atoms with van der Waals surface area (Å²) in [6.07, 6.45) is 4.64. The van der Waals surface area contributed by atoms with Crippen LogP contribution in [0.5, 0.6) is 0 Å². The molecule has 0 heterocycles. The fourth-order valence-corrected chi connectivity index (χ4v) is 0.885. The van der Waals surface area contributed by atoms with Crippen LogP contribution in [0, 0.1) is 0 Å². The number of ether oxygens (including phenoxy) is 1. The zero-order valence-electron chi connectivity index (χ0n) is 7.84. The number of carbonyl (C=O) groups is 1. The van der Waals surface area contributed by atoms with Gasteiger partial charge in [-0.05, 0) is 32.9 Å². The molecule has 0 aliphatic heterocycles. The monoisotopic (exact) mass is 173 g/mol. The molecule has 0 unspecified atom stereocenters. The van der Waals surface area contributed by atoms with Crippen molar-refractivity contribution in [2.45, 2.75) is 25.7 Å². The van der Waals surface area contributed by atoms with Crippen molar-refractivity contribution in [1.82, 2.24) is 5.32 Å². The molecule has 72 valence electrons. The van der Waals surface area contributed by atoms with Crippen molar-refractivity contribution in [1.29, 1.82) is 0 Å². The molecule has 0 spiro atoms. The second-order valence-electron chi connectivity index (χ2n) is 2.73. The van der Waals surface area contributed by atoms with E-state index < -0.39 is 0 Å². The van der Waals surface area contributed by atoms with Gasteiger partial charge >= 0.3 is 0 Å². The predicted octanol–water partition coefficient (Wildman–Crippen LogP) is 0.982. The lowest BCUT2D eigenvalue weighted by atomic mass is 10.3. The number of carbonyl (C=O) groups excluding carboxylic acids is 1. The van der Waals surface area contributed by atoms with Crippen LogP contribution in [0.2, 0.25) is 0 Å². The summed E-state index contributed by atoms with van der Waals surface area (Å²) in [4.78, 5) is 9.93. The van der Waals surface area contributed by atoms with Gasteiger partial charge in [0.2, 0.25) is 0 Å². The third-order valence-electron chi connectivity index (χ3n) is 1.58. The first-order valence-corrected chi connectivity index (χ1v) is 4.57. The average molecular weight is 173 g/mol. The van der Waals surface area contributed by atoms with Gasteiger partial charge in [-0.2, -0.15) is 0 Å². The first-order chi connectivity index (χ1) is 5.91. The van der Waals surface area contributed by atoms with Crippen LogP contribution in [0.1, 0.15) is 25.7 Å². The van der Waals surface area contributed by atoms with Crippen LogP contribution in [0.4, 0.5) is 0 Å². The molecule has 0 aromatic carbocycles. The SMILES string of the molecule is CNCCCOCCCCC=O. The van der Waals surface area contributed by atoms with Crippen molar-refractivity contribution in [3.05, 3.63) is 0 Å². The number of rotatable bonds is 9. The second kappa shape index (κ2) is 10.6. The summed E-state index contributed by atoms with van der Waals surface area (Å²) < 4.78 is 5.33. The lowest BCUT2D eigenvalue weighted by Crippen LogP contribution is -2.10. The Morgan fingerprint density at radius 2 is 2.00 bits per heavy atom. The van der Waals surface area contributed by atoms with Crippen LogP contribution in [-0.2, 0) is 9.53 Å². The van der Waals surface area contributed by atoms with E-state index in [0.29, 0.717) is 6.42 Å². The van der Waals surface area contributed by atoms with E-state index in [1.54, 1.807) is 0 Å². The molecule has 0 bridgehead atoms. The van der Waals surface area contributed by atoms with Crippen molar-refractivity contribution in [3.8, 4) is 0 Å². The Labute approximate surface area is 74.5 Å². The molecule has 0 saturated carbocycles. The molecule has 0 aliphatic rings. The van der Waals surface area contributed by atoms with Crippen LogP contribution in [0.25, 0.3) is 0 Å². The largest absolute Gasteiger partial charge is 0.381 e. The molecule has 12 heavy (non-hydrogen) atoms. The van der Waals surface area contributed by atoms with Gasteiger partial charge in [0.25, 0.3) is 0 Å². The molecular weight excluding hydrogens is 154 g/mol. The summed E-state index contributed by atoms with van der Waals surface area (Å²) in [6, 6.07) is 0. The highest BCUT2D eigenvalue weighted by molar-refractivity contribution is 5.48. The van der Waals surface area contributed by atoms with Gasteiger partial charge in [0, 0.05) is 19.6 Å². The topological polar surface area (TPSA) is 38.3 Å². The summed E-state index contributed by atoms with van der Waals surface area (Å²) in [5.74, 6) is 0. The Hall–Kier alpha value is -0.410. The highest BCUT2D eigenvalue weighted by Crippen LogP contribution is 1.93. The van der Waals surface area contributed by atoms with Gasteiger partial charge < -0.3 is 14.8 Å². The van der Waals surface area contributed by atoms with E-state index in [1.807, 2.05) is 7.05 Å². The van der Waals surface area contributed by atoms with Crippen LogP contribution < -0.4 is 5.32 Å². The Balaban J connectivity index is 2.77. The van der Waals surface area contributed by atoms with Gasteiger partial charge in [0.05, 0.1) is 0 Å². The average Bonchev–Trinajstić information content (AvgIpc) is 2.10. The number of hydrogen-bond acceptors (Lipinski definition) is 3. The van der Waals surface area contributed by atoms with E-state index in [1.165, 1.54) is 0 Å². The zero-order chi connectivity index (χ0) is 9.07. The molecule has 0 fully saturated rings. The molecule has 3 nitrogen and oxygen atoms in total. The summed E-state index contributed by atoms with van der Waals surface area (Å²) in [6.45, 7) is 2.62. The van der Waals surface area contributed by atoms with Crippen LogP contribution in [-0.4, -0.2) is 33.1 Å². The van der Waals surface area contributed by atoms with Gasteiger partial charge in [0.1, 0.15) is 6.29 Å². The molecule has 0 radical (unpaired) electrons. The minimum atomic E-state index is 0.667.